The van der Waals surface area contributed by atoms with Crippen LogP contribution in [0.25, 0.3) is 27.4 Å². The lowest BCUT2D eigenvalue weighted by atomic mass is 9.89. The number of fused-ring (bicyclic) bond motifs is 5. The minimum Gasteiger partial charge on any atom is -0.253 e. The first-order valence-corrected chi connectivity index (χ1v) is 8.68. The Morgan fingerprint density at radius 2 is 2.22 bits per heavy atom. The quantitative estimate of drug-likeness (QED) is 0.538. The van der Waals surface area contributed by atoms with E-state index in [2.05, 4.69) is 22.0 Å². The fraction of sp³-hybridized carbons (Fsp3) is 0.294. The smallest absolute Gasteiger partial charge is 0.200 e. The van der Waals surface area contributed by atoms with Gasteiger partial charge in [-0.05, 0) is 42.9 Å². The summed E-state index contributed by atoms with van der Waals surface area (Å²) in [4.78, 5) is 16.3. The average Bonchev–Trinajstić information content (AvgIpc) is 3.15. The number of aryl methyl sites for hydroxylation is 1. The van der Waals surface area contributed by atoms with Crippen molar-refractivity contribution in [2.75, 3.05) is 0 Å². The zero-order chi connectivity index (χ0) is 15.4. The highest BCUT2D eigenvalue weighted by Crippen LogP contribution is 2.38. The molecular formula is C17H15N5S. The van der Waals surface area contributed by atoms with Gasteiger partial charge in [-0.2, -0.15) is 0 Å². The highest BCUT2D eigenvalue weighted by Gasteiger charge is 2.23. The molecule has 0 spiro atoms. The molecule has 114 valence electrons. The number of pyridine rings is 1. The molecule has 5 rings (SSSR count). The molecule has 0 fully saturated rings. The van der Waals surface area contributed by atoms with Crippen LogP contribution in [0, 0.1) is 5.92 Å². The van der Waals surface area contributed by atoms with Crippen molar-refractivity contribution < 1.29 is 0 Å². The molecule has 23 heavy (non-hydrogen) atoms. The van der Waals surface area contributed by atoms with E-state index >= 15 is 0 Å². The van der Waals surface area contributed by atoms with E-state index in [9.17, 15) is 0 Å². The maximum Gasteiger partial charge on any atom is 0.200 e. The Morgan fingerprint density at radius 3 is 3.09 bits per heavy atom. The van der Waals surface area contributed by atoms with Crippen molar-refractivity contribution in [2.24, 2.45) is 5.92 Å². The lowest BCUT2D eigenvalue weighted by Gasteiger charge is -2.17. The highest BCUT2D eigenvalue weighted by atomic mass is 32.1. The molecule has 0 radical (unpaired) electrons. The van der Waals surface area contributed by atoms with Crippen LogP contribution in [0.1, 0.15) is 23.8 Å². The first-order chi connectivity index (χ1) is 11.3. The Bertz CT molecular complexity index is 1020. The Balaban J connectivity index is 1.78. The maximum absolute atomic E-state index is 4.77. The number of aromatic nitrogens is 5. The maximum atomic E-state index is 4.77. The second-order valence-electron chi connectivity index (χ2n) is 6.20. The number of rotatable bonds is 1. The van der Waals surface area contributed by atoms with Gasteiger partial charge in [0.05, 0.1) is 5.39 Å². The van der Waals surface area contributed by atoms with Crippen molar-refractivity contribution in [1.82, 2.24) is 24.6 Å². The number of nitrogens with zero attached hydrogens (tertiary/aromatic N) is 5. The Labute approximate surface area is 137 Å². The molecule has 0 bridgehead atoms. The van der Waals surface area contributed by atoms with Crippen molar-refractivity contribution >= 4 is 27.2 Å². The van der Waals surface area contributed by atoms with Gasteiger partial charge in [-0.15, -0.1) is 16.4 Å². The summed E-state index contributed by atoms with van der Waals surface area (Å²) in [6.07, 6.45) is 7.04. The topological polar surface area (TPSA) is 56.0 Å². The monoisotopic (exact) mass is 321 g/mol. The summed E-state index contributed by atoms with van der Waals surface area (Å²) in [6.45, 7) is 2.33. The van der Waals surface area contributed by atoms with Crippen molar-refractivity contribution in [1.29, 1.82) is 0 Å². The van der Waals surface area contributed by atoms with E-state index in [-0.39, 0.29) is 0 Å². The molecule has 1 aliphatic carbocycles. The third-order valence-electron chi connectivity index (χ3n) is 4.53. The summed E-state index contributed by atoms with van der Waals surface area (Å²) >= 11 is 1.82. The Hall–Kier alpha value is -2.34. The van der Waals surface area contributed by atoms with E-state index in [0.29, 0.717) is 5.82 Å². The fourth-order valence-corrected chi connectivity index (χ4v) is 4.69. The van der Waals surface area contributed by atoms with E-state index < -0.39 is 0 Å². The van der Waals surface area contributed by atoms with Crippen molar-refractivity contribution in [3.05, 3.63) is 41.2 Å². The SMILES string of the molecule is C[C@H]1CCc2c(sc3ncn4nc(-c5ccccn5)nc4c23)C1. The first kappa shape index (κ1) is 13.1. The average molecular weight is 321 g/mol. The molecule has 1 atom stereocenters. The zero-order valence-corrected chi connectivity index (χ0v) is 13.5. The van der Waals surface area contributed by atoms with Crippen molar-refractivity contribution in [2.45, 2.75) is 26.2 Å². The molecule has 6 heteroatoms. The summed E-state index contributed by atoms with van der Waals surface area (Å²) in [5.74, 6) is 1.41. The van der Waals surface area contributed by atoms with Gasteiger partial charge < -0.3 is 0 Å². The number of thiophene rings is 1. The van der Waals surface area contributed by atoms with Crippen LogP contribution in [-0.4, -0.2) is 24.6 Å². The van der Waals surface area contributed by atoms with Gasteiger partial charge in [0.2, 0.25) is 5.82 Å². The summed E-state index contributed by atoms with van der Waals surface area (Å²) in [5, 5.41) is 5.75. The summed E-state index contributed by atoms with van der Waals surface area (Å²) in [6, 6.07) is 5.79. The molecule has 0 N–H and O–H groups in total. The molecule has 4 aromatic heterocycles. The van der Waals surface area contributed by atoms with E-state index in [1.54, 1.807) is 17.0 Å². The Morgan fingerprint density at radius 1 is 1.26 bits per heavy atom. The summed E-state index contributed by atoms with van der Waals surface area (Å²) < 4.78 is 1.79. The fourth-order valence-electron chi connectivity index (χ4n) is 3.34. The van der Waals surface area contributed by atoms with E-state index in [4.69, 9.17) is 4.98 Å². The number of hydrogen-bond acceptors (Lipinski definition) is 5. The Kier molecular flexibility index (Phi) is 2.76. The molecular weight excluding hydrogens is 306 g/mol. The van der Waals surface area contributed by atoms with Crippen molar-refractivity contribution in [3.8, 4) is 11.5 Å². The van der Waals surface area contributed by atoms with Crippen LogP contribution in [0.15, 0.2) is 30.7 Å². The van der Waals surface area contributed by atoms with Crippen LogP contribution in [0.2, 0.25) is 0 Å². The van der Waals surface area contributed by atoms with Gasteiger partial charge in [-0.25, -0.2) is 14.5 Å². The highest BCUT2D eigenvalue weighted by molar-refractivity contribution is 7.19. The van der Waals surface area contributed by atoms with E-state index in [0.717, 1.165) is 34.9 Å². The van der Waals surface area contributed by atoms with Crippen LogP contribution >= 0.6 is 11.3 Å². The third-order valence-corrected chi connectivity index (χ3v) is 5.69. The molecule has 0 aromatic carbocycles. The second kappa shape index (κ2) is 4.83. The van der Waals surface area contributed by atoms with Gasteiger partial charge in [0, 0.05) is 11.1 Å². The minimum absolute atomic E-state index is 0.657. The minimum atomic E-state index is 0.657. The van der Waals surface area contributed by atoms with Gasteiger partial charge >= 0.3 is 0 Å². The van der Waals surface area contributed by atoms with Crippen LogP contribution < -0.4 is 0 Å². The van der Waals surface area contributed by atoms with Gasteiger partial charge in [-0.3, -0.25) is 4.98 Å². The second-order valence-corrected chi connectivity index (χ2v) is 7.28. The molecule has 0 amide bonds. The van der Waals surface area contributed by atoms with Crippen LogP contribution in [0.3, 0.4) is 0 Å². The summed E-state index contributed by atoms with van der Waals surface area (Å²) in [7, 11) is 0. The largest absolute Gasteiger partial charge is 0.253 e. The molecule has 0 unspecified atom stereocenters. The summed E-state index contributed by atoms with van der Waals surface area (Å²) in [5.41, 5.74) is 3.13. The lowest BCUT2D eigenvalue weighted by molar-refractivity contribution is 0.509. The normalized spacial score (nSPS) is 17.7. The molecule has 4 heterocycles. The van der Waals surface area contributed by atoms with Gasteiger partial charge in [-0.1, -0.05) is 13.0 Å². The molecule has 0 saturated heterocycles. The van der Waals surface area contributed by atoms with E-state index in [1.165, 1.54) is 22.2 Å². The first-order valence-electron chi connectivity index (χ1n) is 7.86. The molecule has 5 nitrogen and oxygen atoms in total. The molecule has 0 aliphatic heterocycles. The van der Waals surface area contributed by atoms with Gasteiger partial charge in [0.1, 0.15) is 16.9 Å². The molecule has 1 aliphatic rings. The van der Waals surface area contributed by atoms with Crippen LogP contribution in [0.4, 0.5) is 0 Å². The standard InChI is InChI=1S/C17H15N5S/c1-10-5-6-11-13(8-10)23-17-14(11)16-20-15(21-22(16)9-19-17)12-4-2-3-7-18-12/h2-4,7,9-10H,5-6,8H2,1H3/t10-/m0/s1. The van der Waals surface area contributed by atoms with E-state index in [1.807, 2.05) is 29.5 Å². The lowest BCUT2D eigenvalue weighted by Crippen LogP contribution is -2.08. The van der Waals surface area contributed by atoms with Gasteiger partial charge in [0.25, 0.3) is 0 Å². The van der Waals surface area contributed by atoms with Crippen molar-refractivity contribution in [3.63, 3.8) is 0 Å². The predicted octanol–water partition coefficient (Wildman–Crippen LogP) is 3.53. The molecule has 4 aromatic rings. The van der Waals surface area contributed by atoms with Gasteiger partial charge in [0.15, 0.2) is 5.65 Å². The third kappa shape index (κ3) is 1.98. The van der Waals surface area contributed by atoms with Crippen LogP contribution in [0.5, 0.6) is 0 Å². The number of hydrogen-bond donors (Lipinski definition) is 0. The predicted molar refractivity (Wildman–Crippen MR) is 90.6 cm³/mol. The van der Waals surface area contributed by atoms with Crippen LogP contribution in [-0.2, 0) is 12.8 Å². The zero-order valence-electron chi connectivity index (χ0n) is 12.7. The molecule has 0 saturated carbocycles.